The lowest BCUT2D eigenvalue weighted by Crippen LogP contribution is -2.62. The first-order valence-corrected chi connectivity index (χ1v) is 11.3. The SMILES string of the molecule is CC1=C2N=C(C(=O)N[C@@H]3CCC[C@H](N4CCN5C(=O)COC[C@H]5C4)C3)C=C2C(F)C=C1. The maximum atomic E-state index is 14.2. The van der Waals surface area contributed by atoms with Gasteiger partial charge in [0.2, 0.25) is 5.91 Å². The number of ether oxygens (including phenoxy) is 1. The molecular formula is C23H29FN4O3. The molecule has 166 valence electrons. The monoisotopic (exact) mass is 428 g/mol. The zero-order chi connectivity index (χ0) is 21.5. The Morgan fingerprint density at radius 3 is 3.00 bits per heavy atom. The van der Waals surface area contributed by atoms with Gasteiger partial charge in [-0.3, -0.25) is 14.5 Å². The van der Waals surface area contributed by atoms with Crippen molar-refractivity contribution in [2.75, 3.05) is 32.8 Å². The summed E-state index contributed by atoms with van der Waals surface area (Å²) in [5.74, 6) is -0.135. The van der Waals surface area contributed by atoms with Crippen LogP contribution in [0.15, 0.2) is 40.1 Å². The molecule has 7 nitrogen and oxygen atoms in total. The van der Waals surface area contributed by atoms with Crippen LogP contribution in [0.3, 0.4) is 0 Å². The van der Waals surface area contributed by atoms with Crippen LogP contribution < -0.4 is 5.32 Å². The maximum absolute atomic E-state index is 14.2. The zero-order valence-corrected chi connectivity index (χ0v) is 17.8. The van der Waals surface area contributed by atoms with Crippen LogP contribution >= 0.6 is 0 Å². The summed E-state index contributed by atoms with van der Waals surface area (Å²) in [6.45, 7) is 5.12. The van der Waals surface area contributed by atoms with Crippen LogP contribution in [-0.2, 0) is 14.3 Å². The fraction of sp³-hybridized carbons (Fsp3) is 0.609. The van der Waals surface area contributed by atoms with Crippen molar-refractivity contribution in [2.24, 2.45) is 4.99 Å². The first-order chi connectivity index (χ1) is 15.0. The predicted molar refractivity (Wildman–Crippen MR) is 114 cm³/mol. The van der Waals surface area contributed by atoms with Gasteiger partial charge in [-0.2, -0.15) is 0 Å². The van der Waals surface area contributed by atoms with Crippen molar-refractivity contribution in [3.8, 4) is 0 Å². The molecule has 4 atom stereocenters. The molecule has 5 aliphatic rings. The zero-order valence-electron chi connectivity index (χ0n) is 17.8. The molecule has 0 radical (unpaired) electrons. The molecule has 3 aliphatic heterocycles. The molecule has 1 unspecified atom stereocenters. The number of aliphatic imine (C=N–C) groups is 1. The summed E-state index contributed by atoms with van der Waals surface area (Å²) in [4.78, 5) is 33.7. The van der Waals surface area contributed by atoms with Gasteiger partial charge >= 0.3 is 0 Å². The molecule has 1 saturated carbocycles. The summed E-state index contributed by atoms with van der Waals surface area (Å²) in [6, 6.07) is 0.590. The number of rotatable bonds is 3. The van der Waals surface area contributed by atoms with Gasteiger partial charge in [-0.15, -0.1) is 0 Å². The minimum absolute atomic E-state index is 0.0756. The Kier molecular flexibility index (Phi) is 5.52. The standard InChI is InChI=1S/C23H29FN4O3/c1-14-5-6-19(24)18-10-20(26-22(14)18)23(30)25-15-3-2-4-16(9-15)27-7-8-28-17(11-27)12-31-13-21(28)29/h5-6,10,15-17,19H,2-4,7-9,11-13H2,1H3,(H,25,30)/t15-,16+,17-,19?/m1/s1. The molecule has 3 fully saturated rings. The number of halogens is 1. The molecule has 0 spiro atoms. The van der Waals surface area contributed by atoms with Gasteiger partial charge in [0.15, 0.2) is 0 Å². The van der Waals surface area contributed by atoms with E-state index in [0.29, 0.717) is 29.6 Å². The van der Waals surface area contributed by atoms with Crippen molar-refractivity contribution < 1.29 is 18.7 Å². The van der Waals surface area contributed by atoms with E-state index >= 15 is 0 Å². The highest BCUT2D eigenvalue weighted by molar-refractivity contribution is 6.44. The lowest BCUT2D eigenvalue weighted by molar-refractivity contribution is -0.153. The number of carbonyl (C=O) groups is 2. The third-order valence-electron chi connectivity index (χ3n) is 7.08. The Labute approximate surface area is 181 Å². The highest BCUT2D eigenvalue weighted by Gasteiger charge is 2.38. The van der Waals surface area contributed by atoms with Crippen molar-refractivity contribution in [1.82, 2.24) is 15.1 Å². The molecule has 1 N–H and O–H groups in total. The topological polar surface area (TPSA) is 74.2 Å². The fourth-order valence-electron chi connectivity index (χ4n) is 5.42. The van der Waals surface area contributed by atoms with Crippen LogP contribution in [0.2, 0.25) is 0 Å². The number of hydrogen-bond donors (Lipinski definition) is 1. The molecule has 5 rings (SSSR count). The molecule has 0 aromatic carbocycles. The molecule has 3 heterocycles. The third-order valence-corrected chi connectivity index (χ3v) is 7.08. The molecule has 0 aromatic rings. The quantitative estimate of drug-likeness (QED) is 0.740. The van der Waals surface area contributed by atoms with Gasteiger partial charge in [0.1, 0.15) is 18.5 Å². The van der Waals surface area contributed by atoms with Crippen molar-refractivity contribution in [2.45, 2.75) is 56.9 Å². The molecule has 0 aromatic heterocycles. The molecule has 8 heteroatoms. The van der Waals surface area contributed by atoms with Crippen LogP contribution in [0.1, 0.15) is 32.6 Å². The first-order valence-electron chi connectivity index (χ1n) is 11.3. The minimum atomic E-state index is -1.21. The van der Waals surface area contributed by atoms with E-state index in [1.165, 1.54) is 6.08 Å². The number of fused-ring (bicyclic) bond motifs is 2. The second kappa shape index (κ2) is 8.31. The van der Waals surface area contributed by atoms with E-state index in [1.807, 2.05) is 11.8 Å². The maximum Gasteiger partial charge on any atom is 0.270 e. The highest BCUT2D eigenvalue weighted by Crippen LogP contribution is 2.32. The Balaban J connectivity index is 1.20. The summed E-state index contributed by atoms with van der Waals surface area (Å²) in [5, 5.41) is 3.14. The molecular weight excluding hydrogens is 399 g/mol. The molecule has 2 aliphatic carbocycles. The van der Waals surface area contributed by atoms with Gasteiger partial charge in [-0.05, 0) is 50.3 Å². The fourth-order valence-corrected chi connectivity index (χ4v) is 5.42. The lowest BCUT2D eigenvalue weighted by atomic mass is 9.89. The third kappa shape index (κ3) is 3.99. The van der Waals surface area contributed by atoms with E-state index in [4.69, 9.17) is 4.74 Å². The number of amides is 2. The van der Waals surface area contributed by atoms with Gasteiger partial charge in [0.25, 0.3) is 5.91 Å². The van der Waals surface area contributed by atoms with Crippen molar-refractivity contribution in [3.63, 3.8) is 0 Å². The smallest absolute Gasteiger partial charge is 0.270 e. The normalized spacial score (nSPS) is 33.6. The Hall–Kier alpha value is -2.32. The summed E-state index contributed by atoms with van der Waals surface area (Å²) in [7, 11) is 0. The number of alkyl halides is 1. The van der Waals surface area contributed by atoms with E-state index in [2.05, 4.69) is 15.2 Å². The molecule has 0 bridgehead atoms. The summed E-state index contributed by atoms with van der Waals surface area (Å²) >= 11 is 0. The second-order valence-corrected chi connectivity index (χ2v) is 9.13. The summed E-state index contributed by atoms with van der Waals surface area (Å²) in [5.41, 5.74) is 2.24. The number of morpholine rings is 1. The van der Waals surface area contributed by atoms with E-state index in [1.54, 1.807) is 12.2 Å². The van der Waals surface area contributed by atoms with E-state index in [-0.39, 0.29) is 30.5 Å². The van der Waals surface area contributed by atoms with Crippen molar-refractivity contribution >= 4 is 17.5 Å². The van der Waals surface area contributed by atoms with Crippen LogP contribution in [-0.4, -0.2) is 84.5 Å². The molecule has 2 amide bonds. The molecule has 2 saturated heterocycles. The van der Waals surface area contributed by atoms with Gasteiger partial charge in [-0.1, -0.05) is 6.08 Å². The summed E-state index contributed by atoms with van der Waals surface area (Å²) < 4.78 is 19.6. The number of piperazine rings is 1. The lowest BCUT2D eigenvalue weighted by Gasteiger charge is -2.47. The van der Waals surface area contributed by atoms with Crippen LogP contribution in [0.25, 0.3) is 0 Å². The van der Waals surface area contributed by atoms with Gasteiger partial charge < -0.3 is 15.0 Å². The van der Waals surface area contributed by atoms with E-state index in [0.717, 1.165) is 50.9 Å². The van der Waals surface area contributed by atoms with Crippen LogP contribution in [0.4, 0.5) is 4.39 Å². The Morgan fingerprint density at radius 2 is 2.16 bits per heavy atom. The van der Waals surface area contributed by atoms with Crippen LogP contribution in [0.5, 0.6) is 0 Å². The van der Waals surface area contributed by atoms with Crippen molar-refractivity contribution in [1.29, 1.82) is 0 Å². The summed E-state index contributed by atoms with van der Waals surface area (Å²) in [6.07, 6.45) is 7.56. The van der Waals surface area contributed by atoms with Gasteiger partial charge in [-0.25, -0.2) is 9.38 Å². The van der Waals surface area contributed by atoms with E-state index < -0.39 is 6.17 Å². The van der Waals surface area contributed by atoms with Gasteiger partial charge in [0, 0.05) is 37.3 Å². The largest absolute Gasteiger partial charge is 0.369 e. The molecule has 31 heavy (non-hydrogen) atoms. The average Bonchev–Trinajstić information content (AvgIpc) is 3.24. The van der Waals surface area contributed by atoms with Gasteiger partial charge in [0.05, 0.1) is 18.3 Å². The number of nitrogens with zero attached hydrogens (tertiary/aromatic N) is 3. The Morgan fingerprint density at radius 1 is 1.29 bits per heavy atom. The number of carbonyl (C=O) groups excluding carboxylic acids is 2. The Bertz CT molecular complexity index is 908. The second-order valence-electron chi connectivity index (χ2n) is 9.13. The average molecular weight is 429 g/mol. The number of allylic oxidation sites excluding steroid dienone is 4. The van der Waals surface area contributed by atoms with E-state index in [9.17, 15) is 14.0 Å². The van der Waals surface area contributed by atoms with Crippen molar-refractivity contribution in [3.05, 3.63) is 35.1 Å². The minimum Gasteiger partial charge on any atom is -0.369 e. The highest BCUT2D eigenvalue weighted by atomic mass is 19.1. The van der Waals surface area contributed by atoms with Crippen LogP contribution in [0, 0.1) is 0 Å². The number of nitrogens with one attached hydrogen (secondary N) is 1. The predicted octanol–water partition coefficient (Wildman–Crippen LogP) is 1.52. The first kappa shape index (κ1) is 20.6. The number of hydrogen-bond acceptors (Lipinski definition) is 5.